The monoisotopic (exact) mass is 719 g/mol. The molecule has 5 aliphatic carbocycles. The Hall–Kier alpha value is -0.830. The van der Waals surface area contributed by atoms with Gasteiger partial charge in [0, 0.05) is 10.4 Å². The van der Waals surface area contributed by atoms with Gasteiger partial charge in [0.25, 0.3) is 0 Å². The molecule has 1 radical (unpaired) electrons. The zero-order valence-electron chi connectivity index (χ0n) is 26.1. The van der Waals surface area contributed by atoms with E-state index in [9.17, 15) is 0 Å². The van der Waals surface area contributed by atoms with Gasteiger partial charge in [0.2, 0.25) is 0 Å². The smallest absolute Gasteiger partial charge is 1.00 e. The average Bonchev–Trinajstić information content (AvgIpc) is 3.65. The van der Waals surface area contributed by atoms with E-state index < -0.39 is 8.07 Å². The molecule has 3 aromatic carbocycles. The van der Waals surface area contributed by atoms with Gasteiger partial charge in [-0.1, -0.05) is 68.4 Å². The van der Waals surface area contributed by atoms with Gasteiger partial charge in [0.05, 0.1) is 8.07 Å². The summed E-state index contributed by atoms with van der Waals surface area (Å²) in [5.74, 6) is 3.62. The molecule has 11 rings (SSSR count). The van der Waals surface area contributed by atoms with Crippen molar-refractivity contribution in [2.75, 3.05) is 0 Å². The molecule has 1 aromatic heterocycles. The summed E-state index contributed by atoms with van der Waals surface area (Å²) in [6.07, 6.45) is 8.93. The fraction of sp³-hybridized carbons (Fsp3) is 0.447. The maximum absolute atomic E-state index is 2.51. The summed E-state index contributed by atoms with van der Waals surface area (Å²) in [4.78, 5) is 1.63. The van der Waals surface area contributed by atoms with Crippen molar-refractivity contribution < 1.29 is 51.0 Å². The topological polar surface area (TPSA) is 0 Å². The SMILES string of the molecule is CC(C)c1cc2c(-c3ccc(C45CC6CC(CC(C6)C4)C5)cc3)cccc2[cH-]1.CC1=C2c3sccc3C1[Si]2(C)C.[Cl-].[Cl-].[Zr+3]. The van der Waals surface area contributed by atoms with E-state index >= 15 is 0 Å². The molecule has 6 bridgehead atoms. The molecular formula is C38H43Cl2SSiZr. The summed E-state index contributed by atoms with van der Waals surface area (Å²) in [5, 5.41) is 6.81. The van der Waals surface area contributed by atoms with Gasteiger partial charge in [0.1, 0.15) is 0 Å². The third kappa shape index (κ3) is 5.20. The summed E-state index contributed by atoms with van der Waals surface area (Å²) < 4.78 is 0. The molecule has 4 fully saturated rings. The summed E-state index contributed by atoms with van der Waals surface area (Å²) in [5.41, 5.74) is 10.6. The van der Waals surface area contributed by atoms with Crippen LogP contribution in [-0.2, 0) is 31.6 Å². The van der Waals surface area contributed by atoms with Crippen LogP contribution in [0.4, 0.5) is 0 Å². The molecule has 7 aliphatic rings. The van der Waals surface area contributed by atoms with Gasteiger partial charge in [-0.25, -0.2) is 0 Å². The van der Waals surface area contributed by atoms with E-state index in [1.54, 1.807) is 26.8 Å². The van der Waals surface area contributed by atoms with Crippen LogP contribution in [0, 0.1) is 17.8 Å². The van der Waals surface area contributed by atoms with Gasteiger partial charge in [-0.05, 0) is 108 Å². The molecule has 3 heterocycles. The van der Waals surface area contributed by atoms with Crippen LogP contribution in [0.25, 0.3) is 27.1 Å². The number of rotatable bonds is 3. The second-order valence-corrected chi connectivity index (χ2v) is 20.4. The molecule has 0 saturated heterocycles. The van der Waals surface area contributed by atoms with Crippen LogP contribution in [0.5, 0.6) is 0 Å². The van der Waals surface area contributed by atoms with Crippen molar-refractivity contribution in [3.8, 4) is 11.1 Å². The first-order valence-electron chi connectivity index (χ1n) is 15.8. The molecule has 0 nitrogen and oxygen atoms in total. The maximum atomic E-state index is 2.51. The van der Waals surface area contributed by atoms with Crippen molar-refractivity contribution in [3.05, 3.63) is 93.2 Å². The molecule has 5 heteroatoms. The molecular weight excluding hydrogens is 679 g/mol. The second kappa shape index (κ2) is 12.1. The van der Waals surface area contributed by atoms with E-state index in [0.717, 1.165) is 23.3 Å². The Labute approximate surface area is 295 Å². The fourth-order valence-electron chi connectivity index (χ4n) is 10.4. The maximum Gasteiger partial charge on any atom is 3.00 e. The summed E-state index contributed by atoms with van der Waals surface area (Å²) >= 11 is 1.94. The molecule has 4 aromatic rings. The number of fused-ring (bicyclic) bond motifs is 1. The Balaban J connectivity index is 0.000000208. The van der Waals surface area contributed by atoms with Crippen LogP contribution < -0.4 is 24.8 Å². The van der Waals surface area contributed by atoms with Gasteiger partial charge in [-0.2, -0.15) is 6.07 Å². The molecule has 0 amide bonds. The van der Waals surface area contributed by atoms with Gasteiger partial charge in [-0.15, -0.1) is 45.9 Å². The molecule has 1 atom stereocenters. The number of thiophene rings is 1. The van der Waals surface area contributed by atoms with Crippen molar-refractivity contribution in [1.29, 1.82) is 0 Å². The predicted molar refractivity (Wildman–Crippen MR) is 176 cm³/mol. The Morgan fingerprint density at radius 3 is 2.07 bits per heavy atom. The third-order valence-corrected chi connectivity index (χ3v) is 17.0. The van der Waals surface area contributed by atoms with Crippen LogP contribution in [0.3, 0.4) is 0 Å². The van der Waals surface area contributed by atoms with Gasteiger partial charge in [0.15, 0.2) is 0 Å². The molecule has 43 heavy (non-hydrogen) atoms. The van der Waals surface area contributed by atoms with Crippen molar-refractivity contribution in [2.45, 2.75) is 89.3 Å². The zero-order chi connectivity index (χ0) is 27.4. The minimum atomic E-state index is -0.972. The predicted octanol–water partition coefficient (Wildman–Crippen LogP) is 5.24. The Morgan fingerprint density at radius 2 is 1.51 bits per heavy atom. The number of allylic oxidation sites excluding steroid dienone is 1. The number of hydrogen-bond acceptors (Lipinski definition) is 1. The van der Waals surface area contributed by atoms with Crippen LogP contribution in [0.15, 0.2) is 71.6 Å². The van der Waals surface area contributed by atoms with Gasteiger partial charge < -0.3 is 24.8 Å². The van der Waals surface area contributed by atoms with Gasteiger partial charge >= 0.3 is 26.2 Å². The summed E-state index contributed by atoms with van der Waals surface area (Å²) in [7, 11) is -0.972. The molecule has 0 spiro atoms. The molecule has 1 unspecified atom stereocenters. The quantitative estimate of drug-likeness (QED) is 0.201. The van der Waals surface area contributed by atoms with Crippen molar-refractivity contribution in [3.63, 3.8) is 0 Å². The van der Waals surface area contributed by atoms with E-state index in [2.05, 4.69) is 99.9 Å². The minimum absolute atomic E-state index is 0. The third-order valence-electron chi connectivity index (χ3n) is 11.7. The number of benzene rings is 2. The van der Waals surface area contributed by atoms with Crippen LogP contribution in [0.1, 0.15) is 92.3 Å². The van der Waals surface area contributed by atoms with Crippen molar-refractivity contribution >= 4 is 35.4 Å². The fourth-order valence-corrected chi connectivity index (χ4v) is 16.6. The van der Waals surface area contributed by atoms with E-state index in [-0.39, 0.29) is 51.0 Å². The second-order valence-electron chi connectivity index (χ2n) is 14.9. The van der Waals surface area contributed by atoms with Gasteiger partial charge in [-0.3, -0.25) is 0 Å². The largest absolute Gasteiger partial charge is 3.00 e. The van der Waals surface area contributed by atoms with Crippen LogP contribution in [-0.4, -0.2) is 8.07 Å². The van der Waals surface area contributed by atoms with E-state index in [4.69, 9.17) is 0 Å². The molecule has 2 aliphatic heterocycles. The standard InChI is InChI=1S/C28H31.C10H12SSi.2ClH.Zr/c1-18(2)24-13-23-4-3-5-26(27(23)14-24)22-6-8-25(9-7-22)28-15-19-10-20(16-28)12-21(11-19)17-28;1-6-9-7-4-5-11-8(7)10(6)12(9,2)3;;;/h3-9,13-14,18-21H,10-12,15-17H2,1-2H3;4-5,9H,1-3H3;2*1H;/q-1;;;;+3/p-2. The number of hydrogen-bond donors (Lipinski definition) is 0. The summed E-state index contributed by atoms with van der Waals surface area (Å²) in [6, 6.07) is 23.7. The molecule has 223 valence electrons. The van der Waals surface area contributed by atoms with E-state index in [1.165, 1.54) is 66.0 Å². The Bertz CT molecular complexity index is 1620. The Kier molecular flexibility index (Phi) is 9.42. The average molecular weight is 722 g/mol. The van der Waals surface area contributed by atoms with E-state index in [1.807, 2.05) is 11.3 Å². The minimum Gasteiger partial charge on any atom is -1.00 e. The molecule has 4 saturated carbocycles. The normalized spacial score (nSPS) is 28.3. The first kappa shape index (κ1) is 33.5. The Morgan fingerprint density at radius 1 is 0.884 bits per heavy atom. The zero-order valence-corrected chi connectivity index (χ0v) is 31.9. The molecule has 0 N–H and O–H groups in total. The van der Waals surface area contributed by atoms with Crippen LogP contribution in [0.2, 0.25) is 13.1 Å². The first-order valence-corrected chi connectivity index (χ1v) is 19.8. The first-order chi connectivity index (χ1) is 19.2. The van der Waals surface area contributed by atoms with E-state index in [0.29, 0.717) is 11.3 Å². The van der Waals surface area contributed by atoms with Crippen molar-refractivity contribution in [2.24, 2.45) is 17.8 Å². The van der Waals surface area contributed by atoms with Crippen LogP contribution >= 0.6 is 11.3 Å². The summed E-state index contributed by atoms with van der Waals surface area (Å²) in [6.45, 7) is 11.9. The van der Waals surface area contributed by atoms with Crippen molar-refractivity contribution in [1.82, 2.24) is 0 Å². The number of halogens is 2.